The van der Waals surface area contributed by atoms with Crippen molar-refractivity contribution in [3.8, 4) is 5.75 Å². The lowest BCUT2D eigenvalue weighted by atomic mass is 10.1. The second-order valence-electron chi connectivity index (χ2n) is 5.47. The molecule has 0 saturated carbocycles. The number of nitrogens with zero attached hydrogens (tertiary/aromatic N) is 2. The Hall–Kier alpha value is -1.82. The van der Waals surface area contributed by atoms with Crippen molar-refractivity contribution in [2.24, 2.45) is 0 Å². The third kappa shape index (κ3) is 4.07. The Morgan fingerprint density at radius 1 is 1.38 bits per heavy atom. The molecule has 6 nitrogen and oxygen atoms in total. The number of rotatable bonds is 6. The molecular formula is C15H23N3O3. The maximum absolute atomic E-state index is 11.1. The fourth-order valence-corrected chi connectivity index (χ4v) is 2.69. The van der Waals surface area contributed by atoms with E-state index in [0.29, 0.717) is 24.0 Å². The summed E-state index contributed by atoms with van der Waals surface area (Å²) in [6, 6.07) is 5.13. The first-order valence-electron chi connectivity index (χ1n) is 7.42. The number of benzene rings is 1. The minimum atomic E-state index is -0.368. The number of methoxy groups -OCH3 is 1. The average Bonchev–Trinajstić information content (AvgIpc) is 2.52. The molecule has 1 N–H and O–H groups in total. The molecule has 0 amide bonds. The molecule has 1 aromatic rings. The van der Waals surface area contributed by atoms with Gasteiger partial charge in [0.15, 0.2) is 0 Å². The molecule has 21 heavy (non-hydrogen) atoms. The molecule has 1 heterocycles. The summed E-state index contributed by atoms with van der Waals surface area (Å²) in [4.78, 5) is 13.1. The van der Waals surface area contributed by atoms with E-state index in [2.05, 4.69) is 17.1 Å². The second-order valence-corrected chi connectivity index (χ2v) is 5.47. The van der Waals surface area contributed by atoms with Crippen LogP contribution in [-0.4, -0.2) is 42.6 Å². The molecule has 1 atom stereocenters. The van der Waals surface area contributed by atoms with E-state index in [4.69, 9.17) is 4.74 Å². The van der Waals surface area contributed by atoms with Crippen LogP contribution in [0.4, 0.5) is 11.4 Å². The van der Waals surface area contributed by atoms with Crippen LogP contribution in [0.3, 0.4) is 0 Å². The molecule has 2 rings (SSSR count). The smallest absolute Gasteiger partial charge is 0.292 e. The van der Waals surface area contributed by atoms with Gasteiger partial charge < -0.3 is 10.1 Å². The molecule has 1 aromatic carbocycles. The number of piperidine rings is 1. The normalized spacial score (nSPS) is 17.2. The monoisotopic (exact) mass is 293 g/mol. The van der Waals surface area contributed by atoms with Crippen molar-refractivity contribution in [1.82, 2.24) is 4.90 Å². The van der Waals surface area contributed by atoms with Crippen molar-refractivity contribution < 1.29 is 9.66 Å². The number of nitro benzene ring substituents is 1. The maximum atomic E-state index is 11.1. The Balaban J connectivity index is 2.02. The van der Waals surface area contributed by atoms with E-state index in [-0.39, 0.29) is 10.6 Å². The number of hydrogen-bond donors (Lipinski definition) is 1. The van der Waals surface area contributed by atoms with E-state index in [1.165, 1.54) is 25.3 Å². The zero-order valence-corrected chi connectivity index (χ0v) is 12.7. The molecule has 116 valence electrons. The SMILES string of the molecule is COc1ccc([N+](=O)[O-])c(NCC(C)N2CCCCC2)c1. The highest BCUT2D eigenvalue weighted by molar-refractivity contribution is 5.64. The van der Waals surface area contributed by atoms with Crippen LogP contribution in [-0.2, 0) is 0 Å². The van der Waals surface area contributed by atoms with Crippen LogP contribution in [0.25, 0.3) is 0 Å². The first kappa shape index (κ1) is 15.6. The van der Waals surface area contributed by atoms with Gasteiger partial charge in [-0.3, -0.25) is 15.0 Å². The molecular weight excluding hydrogens is 270 g/mol. The highest BCUT2D eigenvalue weighted by Gasteiger charge is 2.19. The third-order valence-corrected chi connectivity index (χ3v) is 4.00. The number of nitrogens with one attached hydrogen (secondary N) is 1. The summed E-state index contributed by atoms with van der Waals surface area (Å²) in [6.45, 7) is 5.07. The highest BCUT2D eigenvalue weighted by atomic mass is 16.6. The Kier molecular flexibility index (Phi) is 5.38. The number of hydrogen-bond acceptors (Lipinski definition) is 5. The van der Waals surface area contributed by atoms with Crippen LogP contribution in [0, 0.1) is 10.1 Å². The zero-order chi connectivity index (χ0) is 15.2. The van der Waals surface area contributed by atoms with Gasteiger partial charge in [0.25, 0.3) is 5.69 Å². The standard InChI is InChI=1S/C15H23N3O3/c1-12(17-8-4-3-5-9-17)11-16-14-10-13(21-2)6-7-15(14)18(19)20/h6-7,10,12,16H,3-5,8-9,11H2,1-2H3. The molecule has 0 aromatic heterocycles. The Bertz CT molecular complexity index is 487. The van der Waals surface area contributed by atoms with Crippen LogP contribution in [0.15, 0.2) is 18.2 Å². The second kappa shape index (κ2) is 7.26. The van der Waals surface area contributed by atoms with Crippen molar-refractivity contribution in [3.05, 3.63) is 28.3 Å². The Morgan fingerprint density at radius 3 is 2.71 bits per heavy atom. The molecule has 1 unspecified atom stereocenters. The van der Waals surface area contributed by atoms with Crippen molar-refractivity contribution in [3.63, 3.8) is 0 Å². The minimum Gasteiger partial charge on any atom is -0.497 e. The van der Waals surface area contributed by atoms with Gasteiger partial charge in [-0.1, -0.05) is 6.42 Å². The summed E-state index contributed by atoms with van der Waals surface area (Å²) >= 11 is 0. The van der Waals surface area contributed by atoms with Gasteiger partial charge in [-0.15, -0.1) is 0 Å². The van der Waals surface area contributed by atoms with Crippen LogP contribution >= 0.6 is 0 Å². The zero-order valence-electron chi connectivity index (χ0n) is 12.7. The highest BCUT2D eigenvalue weighted by Crippen LogP contribution is 2.29. The van der Waals surface area contributed by atoms with Gasteiger partial charge in [-0.2, -0.15) is 0 Å². The fourth-order valence-electron chi connectivity index (χ4n) is 2.69. The van der Waals surface area contributed by atoms with Crippen molar-refractivity contribution in [2.45, 2.75) is 32.2 Å². The van der Waals surface area contributed by atoms with Gasteiger partial charge in [-0.05, 0) is 38.9 Å². The fraction of sp³-hybridized carbons (Fsp3) is 0.600. The molecule has 0 radical (unpaired) electrons. The van der Waals surface area contributed by atoms with Gasteiger partial charge in [-0.25, -0.2) is 0 Å². The van der Waals surface area contributed by atoms with Crippen molar-refractivity contribution >= 4 is 11.4 Å². The van der Waals surface area contributed by atoms with Crippen LogP contribution in [0.1, 0.15) is 26.2 Å². The lowest BCUT2D eigenvalue weighted by Gasteiger charge is -2.32. The largest absolute Gasteiger partial charge is 0.497 e. The van der Waals surface area contributed by atoms with Crippen LogP contribution < -0.4 is 10.1 Å². The summed E-state index contributed by atoms with van der Waals surface area (Å²) in [5.74, 6) is 0.619. The minimum absolute atomic E-state index is 0.0849. The molecule has 6 heteroatoms. The summed E-state index contributed by atoms with van der Waals surface area (Å²) in [6.07, 6.45) is 3.78. The third-order valence-electron chi connectivity index (χ3n) is 4.00. The van der Waals surface area contributed by atoms with Crippen molar-refractivity contribution in [2.75, 3.05) is 32.1 Å². The number of likely N-dealkylation sites (tertiary alicyclic amines) is 1. The molecule has 0 bridgehead atoms. The molecule has 1 saturated heterocycles. The maximum Gasteiger partial charge on any atom is 0.292 e. The number of ether oxygens (including phenoxy) is 1. The molecule has 1 aliphatic rings. The van der Waals surface area contributed by atoms with E-state index in [9.17, 15) is 10.1 Å². The van der Waals surface area contributed by atoms with E-state index >= 15 is 0 Å². The Labute approximate surface area is 125 Å². The predicted octanol–water partition coefficient (Wildman–Crippen LogP) is 2.89. The summed E-state index contributed by atoms with van der Waals surface area (Å²) < 4.78 is 5.14. The van der Waals surface area contributed by atoms with Crippen LogP contribution in [0.2, 0.25) is 0 Å². The van der Waals surface area contributed by atoms with Gasteiger partial charge >= 0.3 is 0 Å². The van der Waals surface area contributed by atoms with E-state index in [0.717, 1.165) is 13.1 Å². The van der Waals surface area contributed by atoms with Crippen LogP contribution in [0.5, 0.6) is 5.75 Å². The molecule has 1 aliphatic heterocycles. The van der Waals surface area contributed by atoms with Gasteiger partial charge in [0.05, 0.1) is 12.0 Å². The summed E-state index contributed by atoms with van der Waals surface area (Å²) in [5, 5.41) is 14.3. The summed E-state index contributed by atoms with van der Waals surface area (Å²) in [5.41, 5.74) is 0.602. The van der Waals surface area contributed by atoms with Crippen molar-refractivity contribution in [1.29, 1.82) is 0 Å². The topological polar surface area (TPSA) is 67.6 Å². The Morgan fingerprint density at radius 2 is 2.10 bits per heavy atom. The lowest BCUT2D eigenvalue weighted by molar-refractivity contribution is -0.384. The molecule has 1 fully saturated rings. The number of nitro groups is 1. The first-order chi connectivity index (χ1) is 10.1. The molecule has 0 spiro atoms. The predicted molar refractivity (Wildman–Crippen MR) is 83.0 cm³/mol. The lowest BCUT2D eigenvalue weighted by Crippen LogP contribution is -2.41. The van der Waals surface area contributed by atoms with Gasteiger partial charge in [0.2, 0.25) is 0 Å². The first-order valence-corrected chi connectivity index (χ1v) is 7.42. The molecule has 0 aliphatic carbocycles. The van der Waals surface area contributed by atoms with Gasteiger partial charge in [0.1, 0.15) is 11.4 Å². The summed E-state index contributed by atoms with van der Waals surface area (Å²) in [7, 11) is 1.56. The van der Waals surface area contributed by atoms with E-state index in [1.54, 1.807) is 19.2 Å². The van der Waals surface area contributed by atoms with E-state index in [1.807, 2.05) is 0 Å². The number of anilines is 1. The average molecular weight is 293 g/mol. The van der Waals surface area contributed by atoms with E-state index < -0.39 is 0 Å². The quantitative estimate of drug-likeness (QED) is 0.645. The van der Waals surface area contributed by atoms with Gasteiger partial charge in [0, 0.05) is 24.7 Å².